The Labute approximate surface area is 197 Å². The zero-order valence-corrected chi connectivity index (χ0v) is 20.7. The highest BCUT2D eigenvalue weighted by Gasteiger charge is 2.40. The van der Waals surface area contributed by atoms with Gasteiger partial charge in [0, 0.05) is 17.5 Å². The van der Waals surface area contributed by atoms with Crippen LogP contribution in [0.4, 0.5) is 0 Å². The molecule has 0 saturated carbocycles. The molecule has 1 aliphatic rings. The van der Waals surface area contributed by atoms with Crippen molar-refractivity contribution in [3.05, 3.63) is 33.7 Å². The van der Waals surface area contributed by atoms with E-state index in [9.17, 15) is 24.6 Å². The molecule has 0 spiro atoms. The maximum atomic E-state index is 13.0. The van der Waals surface area contributed by atoms with Gasteiger partial charge in [0.15, 0.2) is 0 Å². The first kappa shape index (κ1) is 25.9. The summed E-state index contributed by atoms with van der Waals surface area (Å²) < 4.78 is 0.0740. The Bertz CT molecular complexity index is 966. The van der Waals surface area contributed by atoms with Gasteiger partial charge in [0.25, 0.3) is 5.91 Å². The molecule has 1 atom stereocenters. The molecule has 9 heteroatoms. The number of aliphatic carboxylic acids is 2. The molecule has 1 amide bonds. The maximum Gasteiger partial charge on any atom is 0.326 e. The predicted molar refractivity (Wildman–Crippen MR) is 129 cm³/mol. The van der Waals surface area contributed by atoms with Crippen LogP contribution in [0.1, 0.15) is 71.1 Å². The summed E-state index contributed by atoms with van der Waals surface area (Å²) >= 11 is 6.24. The van der Waals surface area contributed by atoms with Gasteiger partial charge >= 0.3 is 11.9 Å². The molecule has 1 heterocycles. The molecule has 1 aliphatic heterocycles. The minimum atomic E-state index is -1.35. The van der Waals surface area contributed by atoms with Crippen molar-refractivity contribution in [1.82, 2.24) is 4.90 Å². The van der Waals surface area contributed by atoms with Crippen molar-refractivity contribution in [3.63, 3.8) is 0 Å². The molecular weight excluding hydrogens is 450 g/mol. The Morgan fingerprint density at radius 1 is 1.09 bits per heavy atom. The minimum Gasteiger partial charge on any atom is -0.507 e. The fraction of sp³-hybridized carbons (Fsp3) is 0.478. The van der Waals surface area contributed by atoms with Crippen LogP contribution in [0, 0.1) is 0 Å². The molecule has 0 aliphatic carbocycles. The number of hydrogen-bond acceptors (Lipinski definition) is 6. The summed E-state index contributed by atoms with van der Waals surface area (Å²) in [6, 6.07) is 2.28. The van der Waals surface area contributed by atoms with Gasteiger partial charge in [0.1, 0.15) is 16.1 Å². The van der Waals surface area contributed by atoms with Crippen molar-refractivity contribution in [2.75, 3.05) is 0 Å². The molecule has 3 N–H and O–H groups in total. The Kier molecular flexibility index (Phi) is 7.46. The van der Waals surface area contributed by atoms with Gasteiger partial charge in [0.05, 0.1) is 4.91 Å². The molecule has 2 rings (SSSR count). The number of carboxylic acids is 2. The smallest absolute Gasteiger partial charge is 0.326 e. The maximum absolute atomic E-state index is 13.0. The highest BCUT2D eigenvalue weighted by atomic mass is 32.2. The van der Waals surface area contributed by atoms with Crippen LogP contribution in [0.3, 0.4) is 0 Å². The second kappa shape index (κ2) is 9.23. The number of hydrogen-bond donors (Lipinski definition) is 3. The first-order chi connectivity index (χ1) is 14.5. The van der Waals surface area contributed by atoms with Crippen LogP contribution in [0.5, 0.6) is 5.75 Å². The number of phenols is 1. The normalized spacial score (nSPS) is 17.2. The Morgan fingerprint density at radius 3 is 2.00 bits per heavy atom. The average molecular weight is 480 g/mol. The largest absolute Gasteiger partial charge is 0.507 e. The van der Waals surface area contributed by atoms with E-state index in [1.807, 2.05) is 53.7 Å². The first-order valence-electron chi connectivity index (χ1n) is 10.1. The Balaban J connectivity index is 2.53. The van der Waals surface area contributed by atoms with Crippen molar-refractivity contribution >= 4 is 52.2 Å². The molecule has 1 aromatic rings. The molecule has 7 nitrogen and oxygen atoms in total. The zero-order chi connectivity index (χ0) is 24.6. The van der Waals surface area contributed by atoms with E-state index in [-0.39, 0.29) is 32.2 Å². The lowest BCUT2D eigenvalue weighted by Crippen LogP contribution is -2.44. The van der Waals surface area contributed by atoms with Crippen molar-refractivity contribution in [1.29, 1.82) is 0 Å². The van der Waals surface area contributed by atoms with E-state index < -0.39 is 30.3 Å². The number of nitrogens with zero attached hydrogens (tertiary/aromatic N) is 1. The van der Waals surface area contributed by atoms with Gasteiger partial charge in [-0.1, -0.05) is 65.5 Å². The summed E-state index contributed by atoms with van der Waals surface area (Å²) in [5.74, 6) is -2.81. The number of carbonyl (C=O) groups excluding carboxylic acids is 1. The lowest BCUT2D eigenvalue weighted by atomic mass is 9.78. The molecule has 1 aromatic carbocycles. The number of aromatic hydroxyl groups is 1. The van der Waals surface area contributed by atoms with Gasteiger partial charge in [-0.15, -0.1) is 0 Å². The third kappa shape index (κ3) is 5.69. The highest BCUT2D eigenvalue weighted by molar-refractivity contribution is 8.26. The van der Waals surface area contributed by atoms with Crippen LogP contribution in [-0.2, 0) is 25.2 Å². The van der Waals surface area contributed by atoms with Crippen LogP contribution in [0.25, 0.3) is 6.08 Å². The van der Waals surface area contributed by atoms with Crippen molar-refractivity contribution in [2.45, 2.75) is 71.3 Å². The molecule has 0 aromatic heterocycles. The molecular formula is C23H29NO6S2. The average Bonchev–Trinajstić information content (AvgIpc) is 2.88. The Morgan fingerprint density at radius 2 is 1.59 bits per heavy atom. The van der Waals surface area contributed by atoms with Gasteiger partial charge in [-0.05, 0) is 41.0 Å². The van der Waals surface area contributed by atoms with Gasteiger partial charge in [-0.25, -0.2) is 4.79 Å². The third-order valence-electron chi connectivity index (χ3n) is 5.10. The van der Waals surface area contributed by atoms with Crippen LogP contribution in [0.2, 0.25) is 0 Å². The number of amides is 1. The summed E-state index contributed by atoms with van der Waals surface area (Å²) in [7, 11) is 0. The summed E-state index contributed by atoms with van der Waals surface area (Å²) in [6.45, 7) is 11.9. The number of rotatable bonds is 6. The standard InChI is InChI=1S/C23H29NO6S2/c1-22(2,3)13-9-12(10-14(18(13)27)23(4,5)6)11-16-19(28)24(21(31)32-16)15(20(29)30)7-8-17(25)26/h9-11,15,27H,7-8H2,1-6H3,(H,25,26)(H,29,30)/b16-11-. The van der Waals surface area contributed by atoms with Crippen LogP contribution < -0.4 is 0 Å². The summed E-state index contributed by atoms with van der Waals surface area (Å²) in [4.78, 5) is 36.9. The minimum absolute atomic E-state index is 0.0740. The lowest BCUT2D eigenvalue weighted by molar-refractivity contribution is -0.146. The van der Waals surface area contributed by atoms with E-state index in [2.05, 4.69) is 0 Å². The van der Waals surface area contributed by atoms with Crippen molar-refractivity contribution in [2.24, 2.45) is 0 Å². The van der Waals surface area contributed by atoms with E-state index in [1.165, 1.54) is 0 Å². The summed E-state index contributed by atoms with van der Waals surface area (Å²) in [5.41, 5.74) is 1.46. The number of thiocarbonyl (C=S) groups is 1. The van der Waals surface area contributed by atoms with Crippen molar-refractivity contribution < 1.29 is 29.7 Å². The van der Waals surface area contributed by atoms with Crippen LogP contribution in [-0.4, -0.2) is 48.4 Å². The molecule has 1 saturated heterocycles. The molecule has 1 unspecified atom stereocenters. The second-order valence-corrected chi connectivity index (χ2v) is 11.5. The highest BCUT2D eigenvalue weighted by Crippen LogP contribution is 2.41. The van der Waals surface area contributed by atoms with E-state index in [4.69, 9.17) is 17.3 Å². The second-order valence-electron chi connectivity index (χ2n) is 9.80. The number of phenolic OH excluding ortho intramolecular Hbond substituents is 1. The van der Waals surface area contributed by atoms with Gasteiger partial charge in [0.2, 0.25) is 0 Å². The molecule has 0 bridgehead atoms. The van der Waals surface area contributed by atoms with Gasteiger partial charge in [-0.2, -0.15) is 0 Å². The van der Waals surface area contributed by atoms with E-state index in [1.54, 1.807) is 6.08 Å². The van der Waals surface area contributed by atoms with Gasteiger partial charge in [-0.3, -0.25) is 14.5 Å². The van der Waals surface area contributed by atoms with E-state index in [0.717, 1.165) is 27.8 Å². The fourth-order valence-electron chi connectivity index (χ4n) is 3.41. The lowest BCUT2D eigenvalue weighted by Gasteiger charge is -2.28. The quantitative estimate of drug-likeness (QED) is 0.403. The van der Waals surface area contributed by atoms with E-state index in [0.29, 0.717) is 5.56 Å². The summed E-state index contributed by atoms with van der Waals surface area (Å²) in [6.07, 6.45) is 1.00. The monoisotopic (exact) mass is 479 g/mol. The van der Waals surface area contributed by atoms with Crippen molar-refractivity contribution in [3.8, 4) is 5.75 Å². The van der Waals surface area contributed by atoms with E-state index >= 15 is 0 Å². The topological polar surface area (TPSA) is 115 Å². The number of thioether (sulfide) groups is 1. The summed E-state index contributed by atoms with van der Waals surface area (Å²) in [5, 5.41) is 29.3. The molecule has 32 heavy (non-hydrogen) atoms. The van der Waals surface area contributed by atoms with Crippen LogP contribution >= 0.6 is 24.0 Å². The number of benzene rings is 1. The fourth-order valence-corrected chi connectivity index (χ4v) is 4.76. The van der Waals surface area contributed by atoms with Gasteiger partial charge < -0.3 is 15.3 Å². The molecule has 174 valence electrons. The third-order valence-corrected chi connectivity index (χ3v) is 6.43. The molecule has 1 fully saturated rings. The zero-order valence-electron chi connectivity index (χ0n) is 19.1. The Hall–Kier alpha value is -2.39. The number of carboxylic acid groups (broad SMARTS) is 2. The van der Waals surface area contributed by atoms with Crippen LogP contribution in [0.15, 0.2) is 17.0 Å². The SMILES string of the molecule is CC(C)(C)c1cc(/C=C2\SC(=S)N(C(CCC(=O)O)C(=O)O)C2=O)cc(C(C)(C)C)c1O. The predicted octanol–water partition coefficient (Wildman–Crippen LogP) is 4.51. The molecule has 0 radical (unpaired) electrons. The number of carbonyl (C=O) groups is 3. The first-order valence-corrected chi connectivity index (χ1v) is 11.4.